The van der Waals surface area contributed by atoms with Crippen molar-refractivity contribution in [3.63, 3.8) is 0 Å². The number of anilines is 1. The van der Waals surface area contributed by atoms with Gasteiger partial charge in [-0.15, -0.1) is 0 Å². The highest BCUT2D eigenvalue weighted by molar-refractivity contribution is 9.10. The lowest BCUT2D eigenvalue weighted by Gasteiger charge is -2.14. The number of rotatable bonds is 8. The Kier molecular flexibility index (Phi) is 7.62. The Bertz CT molecular complexity index is 773. The van der Waals surface area contributed by atoms with Gasteiger partial charge in [0.1, 0.15) is 5.75 Å². The fraction of sp³-hybridized carbons (Fsp3) is 0.316. The molecule has 0 saturated heterocycles. The highest BCUT2D eigenvalue weighted by Gasteiger charge is 2.13. The maximum Gasteiger partial charge on any atom is 0.303 e. The molecule has 0 bridgehead atoms. The average molecular weight is 461 g/mol. The van der Waals surface area contributed by atoms with Gasteiger partial charge in [0, 0.05) is 23.1 Å². The van der Waals surface area contributed by atoms with Crippen LogP contribution in [0.15, 0.2) is 34.8 Å². The first-order chi connectivity index (χ1) is 12.3. The monoisotopic (exact) mass is 459 g/mol. The first-order valence-corrected chi connectivity index (χ1v) is 9.72. The molecule has 2 rings (SSSR count). The molecular formula is C19H20BrCl2NO3. The third-order valence-corrected chi connectivity index (χ3v) is 4.76. The van der Waals surface area contributed by atoms with Crippen molar-refractivity contribution in [1.29, 1.82) is 0 Å². The highest BCUT2D eigenvalue weighted by atomic mass is 79.9. The smallest absolute Gasteiger partial charge is 0.303 e. The van der Waals surface area contributed by atoms with Crippen molar-refractivity contribution in [3.8, 4) is 11.5 Å². The van der Waals surface area contributed by atoms with E-state index in [4.69, 9.17) is 33.0 Å². The number of ether oxygens (including phenoxy) is 1. The van der Waals surface area contributed by atoms with Gasteiger partial charge in [-0.2, -0.15) is 0 Å². The molecule has 0 spiro atoms. The predicted octanol–water partition coefficient (Wildman–Crippen LogP) is 6.63. The van der Waals surface area contributed by atoms with Crippen LogP contribution >= 0.6 is 39.1 Å². The zero-order chi connectivity index (χ0) is 19.3. The number of aryl methyl sites for hydroxylation is 1. The Labute approximate surface area is 171 Å². The second-order valence-corrected chi connectivity index (χ2v) is 7.97. The molecule has 0 heterocycles. The van der Waals surface area contributed by atoms with Gasteiger partial charge in [-0.3, -0.25) is 4.79 Å². The molecule has 7 heteroatoms. The van der Waals surface area contributed by atoms with Gasteiger partial charge in [0.15, 0.2) is 5.75 Å². The second kappa shape index (κ2) is 9.49. The van der Waals surface area contributed by atoms with Crippen LogP contribution in [0.1, 0.15) is 25.8 Å². The van der Waals surface area contributed by atoms with Gasteiger partial charge in [0.2, 0.25) is 0 Å². The summed E-state index contributed by atoms with van der Waals surface area (Å²) in [6.45, 7) is 5.15. The first-order valence-electron chi connectivity index (χ1n) is 8.17. The molecule has 0 amide bonds. The lowest BCUT2D eigenvalue weighted by molar-refractivity contribution is -0.136. The number of carbonyl (C=O) groups is 1. The lowest BCUT2D eigenvalue weighted by atomic mass is 10.1. The van der Waals surface area contributed by atoms with Crippen LogP contribution in [0.4, 0.5) is 5.69 Å². The Balaban J connectivity index is 2.15. The standard InChI is InChI=1S/C19H20BrCl2NO3/c1-11(2)10-23-17-5-4-13(9-14(17)20)26-19-15(21)7-12(8-16(19)22)3-6-18(24)25/h4-5,7-9,11,23H,3,6,10H2,1-2H3,(H,24,25). The molecule has 0 atom stereocenters. The van der Waals surface area contributed by atoms with E-state index in [-0.39, 0.29) is 6.42 Å². The number of hydrogen-bond donors (Lipinski definition) is 2. The summed E-state index contributed by atoms with van der Waals surface area (Å²) < 4.78 is 6.72. The summed E-state index contributed by atoms with van der Waals surface area (Å²) in [5, 5.41) is 12.8. The summed E-state index contributed by atoms with van der Waals surface area (Å²) in [4.78, 5) is 10.7. The van der Waals surface area contributed by atoms with E-state index in [0.717, 1.165) is 22.3 Å². The van der Waals surface area contributed by atoms with Crippen molar-refractivity contribution in [2.24, 2.45) is 5.92 Å². The molecule has 0 fully saturated rings. The van der Waals surface area contributed by atoms with Crippen LogP contribution in [0, 0.1) is 5.92 Å². The molecule has 26 heavy (non-hydrogen) atoms. The minimum Gasteiger partial charge on any atom is -0.481 e. The van der Waals surface area contributed by atoms with E-state index in [0.29, 0.717) is 33.9 Å². The fourth-order valence-electron chi connectivity index (χ4n) is 2.24. The molecule has 2 N–H and O–H groups in total. The van der Waals surface area contributed by atoms with E-state index in [2.05, 4.69) is 35.1 Å². The van der Waals surface area contributed by atoms with Gasteiger partial charge in [-0.05, 0) is 64.2 Å². The zero-order valence-corrected chi connectivity index (χ0v) is 17.6. The van der Waals surface area contributed by atoms with E-state index in [1.807, 2.05) is 18.2 Å². The summed E-state index contributed by atoms with van der Waals surface area (Å²) in [5.41, 5.74) is 1.73. The second-order valence-electron chi connectivity index (χ2n) is 6.30. The number of hydrogen-bond acceptors (Lipinski definition) is 3. The normalized spacial score (nSPS) is 10.8. The molecular weight excluding hydrogens is 441 g/mol. The molecule has 2 aromatic carbocycles. The molecule has 4 nitrogen and oxygen atoms in total. The lowest BCUT2D eigenvalue weighted by Crippen LogP contribution is -2.08. The minimum atomic E-state index is -0.867. The van der Waals surface area contributed by atoms with Crippen molar-refractivity contribution < 1.29 is 14.6 Å². The number of carboxylic acids is 1. The number of benzene rings is 2. The van der Waals surface area contributed by atoms with E-state index >= 15 is 0 Å². The molecule has 0 aromatic heterocycles. The maximum absolute atomic E-state index is 10.7. The van der Waals surface area contributed by atoms with E-state index in [1.165, 1.54) is 0 Å². The molecule has 140 valence electrons. The summed E-state index contributed by atoms with van der Waals surface area (Å²) >= 11 is 16.1. The fourth-order valence-corrected chi connectivity index (χ4v) is 3.35. The predicted molar refractivity (Wildman–Crippen MR) is 110 cm³/mol. The van der Waals surface area contributed by atoms with Crippen molar-refractivity contribution >= 4 is 50.8 Å². The molecule has 0 saturated carbocycles. The van der Waals surface area contributed by atoms with Crippen molar-refractivity contribution in [3.05, 3.63) is 50.4 Å². The number of nitrogens with one attached hydrogen (secondary N) is 1. The topological polar surface area (TPSA) is 58.6 Å². The molecule has 0 aliphatic rings. The highest BCUT2D eigenvalue weighted by Crippen LogP contribution is 2.39. The van der Waals surface area contributed by atoms with Gasteiger partial charge in [-0.1, -0.05) is 37.0 Å². The number of halogens is 3. The molecule has 0 radical (unpaired) electrons. The molecule has 0 aliphatic carbocycles. The average Bonchev–Trinajstić information content (AvgIpc) is 2.55. The number of aliphatic carboxylic acids is 1. The van der Waals surface area contributed by atoms with Crippen molar-refractivity contribution in [1.82, 2.24) is 0 Å². The van der Waals surface area contributed by atoms with Crippen LogP contribution in [0.25, 0.3) is 0 Å². The van der Waals surface area contributed by atoms with Crippen LogP contribution in [0.5, 0.6) is 11.5 Å². The summed E-state index contributed by atoms with van der Waals surface area (Å²) in [6.07, 6.45) is 0.376. The molecule has 0 aliphatic heterocycles. The largest absolute Gasteiger partial charge is 0.481 e. The summed E-state index contributed by atoms with van der Waals surface area (Å²) in [6, 6.07) is 8.95. The molecule has 0 unspecified atom stereocenters. The van der Waals surface area contributed by atoms with Crippen LogP contribution in [-0.2, 0) is 11.2 Å². The third-order valence-electron chi connectivity index (χ3n) is 3.55. The van der Waals surface area contributed by atoms with Crippen molar-refractivity contribution in [2.75, 3.05) is 11.9 Å². The van der Waals surface area contributed by atoms with E-state index < -0.39 is 5.97 Å². The Morgan fingerprint density at radius 3 is 2.42 bits per heavy atom. The van der Waals surface area contributed by atoms with Crippen LogP contribution in [0.3, 0.4) is 0 Å². The SMILES string of the molecule is CC(C)CNc1ccc(Oc2c(Cl)cc(CCC(=O)O)cc2Cl)cc1Br. The van der Waals surface area contributed by atoms with Gasteiger partial charge in [0.25, 0.3) is 0 Å². The van der Waals surface area contributed by atoms with Gasteiger partial charge in [0.05, 0.1) is 10.0 Å². The van der Waals surface area contributed by atoms with Gasteiger partial charge >= 0.3 is 5.97 Å². The molecule has 2 aromatic rings. The first kappa shape index (κ1) is 20.9. The quantitative estimate of drug-likeness (QED) is 0.463. The Morgan fingerprint density at radius 2 is 1.88 bits per heavy atom. The maximum atomic E-state index is 10.7. The Hall–Kier alpha value is -1.43. The summed E-state index contributed by atoms with van der Waals surface area (Å²) in [7, 11) is 0. The van der Waals surface area contributed by atoms with Crippen LogP contribution in [0.2, 0.25) is 10.0 Å². The third kappa shape index (κ3) is 6.08. The van der Waals surface area contributed by atoms with Crippen molar-refractivity contribution in [2.45, 2.75) is 26.7 Å². The van der Waals surface area contributed by atoms with Crippen LogP contribution < -0.4 is 10.1 Å². The Morgan fingerprint density at radius 1 is 1.23 bits per heavy atom. The minimum absolute atomic E-state index is 0.0185. The number of carboxylic acid groups (broad SMARTS) is 1. The van der Waals surface area contributed by atoms with Gasteiger partial charge in [-0.25, -0.2) is 0 Å². The van der Waals surface area contributed by atoms with Crippen LogP contribution in [-0.4, -0.2) is 17.6 Å². The summed E-state index contributed by atoms with van der Waals surface area (Å²) in [5.74, 6) is 0.611. The van der Waals surface area contributed by atoms with E-state index in [9.17, 15) is 4.79 Å². The zero-order valence-electron chi connectivity index (χ0n) is 14.5. The van der Waals surface area contributed by atoms with E-state index in [1.54, 1.807) is 12.1 Å². The van der Waals surface area contributed by atoms with Gasteiger partial charge < -0.3 is 15.2 Å².